The van der Waals surface area contributed by atoms with Gasteiger partial charge in [-0.15, -0.1) is 5.10 Å². The molecule has 1 aliphatic carbocycles. The van der Waals surface area contributed by atoms with Crippen molar-refractivity contribution >= 4 is 11.5 Å². The molecule has 0 aromatic carbocycles. The van der Waals surface area contributed by atoms with Gasteiger partial charge in [-0.3, -0.25) is 4.98 Å². The van der Waals surface area contributed by atoms with Gasteiger partial charge >= 0.3 is 0 Å². The number of ether oxygens (including phenoxy) is 1. The smallest absolute Gasteiger partial charge is 0.154 e. The first kappa shape index (κ1) is 16.0. The number of imidazole rings is 1. The summed E-state index contributed by atoms with van der Waals surface area (Å²) in [4.78, 5) is 8.53. The Kier molecular flexibility index (Phi) is 4.61. The predicted octanol–water partition coefficient (Wildman–Crippen LogP) is 3.55. The van der Waals surface area contributed by atoms with Crippen molar-refractivity contribution in [2.75, 3.05) is 11.9 Å². The van der Waals surface area contributed by atoms with Crippen LogP contribution in [0.5, 0.6) is 0 Å². The fourth-order valence-corrected chi connectivity index (χ4v) is 3.49. The van der Waals surface area contributed by atoms with Gasteiger partial charge in [-0.2, -0.15) is 0 Å². The van der Waals surface area contributed by atoms with Gasteiger partial charge < -0.3 is 10.1 Å². The van der Waals surface area contributed by atoms with E-state index in [0.29, 0.717) is 12.1 Å². The van der Waals surface area contributed by atoms with Gasteiger partial charge in [0, 0.05) is 30.6 Å². The molecule has 0 radical (unpaired) electrons. The number of rotatable bonds is 5. The van der Waals surface area contributed by atoms with Gasteiger partial charge in [-0.25, -0.2) is 9.50 Å². The quantitative estimate of drug-likeness (QED) is 0.771. The molecule has 0 amide bonds. The maximum atomic E-state index is 5.73. The maximum Gasteiger partial charge on any atom is 0.154 e. The van der Waals surface area contributed by atoms with Gasteiger partial charge in [0.2, 0.25) is 0 Å². The molecule has 0 unspecified atom stereocenters. The highest BCUT2D eigenvalue weighted by atomic mass is 16.5. The minimum atomic E-state index is 0.422. The van der Waals surface area contributed by atoms with Crippen LogP contribution in [-0.2, 0) is 4.74 Å². The van der Waals surface area contributed by atoms with Crippen molar-refractivity contribution in [3.8, 4) is 11.3 Å². The largest absolute Gasteiger partial charge is 0.379 e. The van der Waals surface area contributed by atoms with Crippen molar-refractivity contribution < 1.29 is 4.74 Å². The molecule has 6 nitrogen and oxygen atoms in total. The molecule has 0 spiro atoms. The van der Waals surface area contributed by atoms with E-state index in [2.05, 4.69) is 22.2 Å². The van der Waals surface area contributed by atoms with Gasteiger partial charge in [0.25, 0.3) is 0 Å². The van der Waals surface area contributed by atoms with E-state index >= 15 is 0 Å². The van der Waals surface area contributed by atoms with E-state index in [1.807, 2.05) is 35.0 Å². The molecule has 130 valence electrons. The predicted molar refractivity (Wildman–Crippen MR) is 97.5 cm³/mol. The highest BCUT2D eigenvalue weighted by molar-refractivity contribution is 5.63. The first-order valence-electron chi connectivity index (χ1n) is 8.97. The second-order valence-electron chi connectivity index (χ2n) is 6.44. The molecule has 1 saturated carbocycles. The number of nitrogens with zero attached hydrogens (tertiary/aromatic N) is 4. The number of anilines is 1. The lowest BCUT2D eigenvalue weighted by Crippen LogP contribution is -2.30. The molecular weight excluding hydrogens is 314 g/mol. The van der Waals surface area contributed by atoms with Gasteiger partial charge in [0.15, 0.2) is 5.65 Å². The van der Waals surface area contributed by atoms with Crippen LogP contribution in [0.25, 0.3) is 16.9 Å². The summed E-state index contributed by atoms with van der Waals surface area (Å²) >= 11 is 0. The molecule has 3 aromatic rings. The topological polar surface area (TPSA) is 64.3 Å². The summed E-state index contributed by atoms with van der Waals surface area (Å²) in [5.74, 6) is 0.890. The standard InChI is InChI=1S/C19H23N5O/c1-2-25-16-5-3-15(4-6-16)22-18-7-8-19-21-13-17(24(19)23-18)14-9-11-20-12-10-14/h7-13,15-16H,2-6H2,1H3,(H,22,23). The van der Waals surface area contributed by atoms with E-state index < -0.39 is 0 Å². The van der Waals surface area contributed by atoms with E-state index in [9.17, 15) is 0 Å². The summed E-state index contributed by atoms with van der Waals surface area (Å²) in [5, 5.41) is 8.33. The van der Waals surface area contributed by atoms with Crippen molar-refractivity contribution in [3.05, 3.63) is 42.9 Å². The minimum Gasteiger partial charge on any atom is -0.379 e. The normalized spacial score (nSPS) is 20.7. The van der Waals surface area contributed by atoms with E-state index in [4.69, 9.17) is 9.84 Å². The summed E-state index contributed by atoms with van der Waals surface area (Å²) in [6.07, 6.45) is 10.3. The van der Waals surface area contributed by atoms with E-state index in [1.165, 1.54) is 0 Å². The zero-order valence-corrected chi connectivity index (χ0v) is 14.4. The number of nitrogens with one attached hydrogen (secondary N) is 1. The molecule has 1 N–H and O–H groups in total. The molecule has 0 saturated heterocycles. The van der Waals surface area contributed by atoms with Crippen LogP contribution in [0.15, 0.2) is 42.9 Å². The number of fused-ring (bicyclic) bond motifs is 1. The zero-order chi connectivity index (χ0) is 17.1. The van der Waals surface area contributed by atoms with Gasteiger partial charge in [0.05, 0.1) is 18.0 Å². The molecule has 1 fully saturated rings. The summed E-state index contributed by atoms with van der Waals surface area (Å²) < 4.78 is 7.62. The lowest BCUT2D eigenvalue weighted by molar-refractivity contribution is 0.0346. The molecule has 3 heterocycles. The van der Waals surface area contributed by atoms with E-state index in [0.717, 1.165) is 55.0 Å². The van der Waals surface area contributed by atoms with Crippen molar-refractivity contribution in [3.63, 3.8) is 0 Å². The number of hydrogen-bond acceptors (Lipinski definition) is 5. The molecular formula is C19H23N5O. The Morgan fingerprint density at radius 1 is 1.12 bits per heavy atom. The van der Waals surface area contributed by atoms with Crippen molar-refractivity contribution in [2.45, 2.75) is 44.8 Å². The average Bonchev–Trinajstić information content (AvgIpc) is 3.08. The molecule has 0 atom stereocenters. The van der Waals surface area contributed by atoms with Crippen LogP contribution in [0.3, 0.4) is 0 Å². The summed E-state index contributed by atoms with van der Waals surface area (Å²) in [7, 11) is 0. The SMILES string of the molecule is CCOC1CCC(Nc2ccc3ncc(-c4ccncc4)n3n2)CC1. The Hall–Kier alpha value is -2.47. The molecule has 1 aliphatic rings. The van der Waals surface area contributed by atoms with Crippen LogP contribution in [0.2, 0.25) is 0 Å². The second kappa shape index (κ2) is 7.19. The first-order valence-corrected chi connectivity index (χ1v) is 8.97. The van der Waals surface area contributed by atoms with E-state index in [-0.39, 0.29) is 0 Å². The Morgan fingerprint density at radius 3 is 2.68 bits per heavy atom. The maximum absolute atomic E-state index is 5.73. The van der Waals surface area contributed by atoms with Crippen LogP contribution in [0.4, 0.5) is 5.82 Å². The zero-order valence-electron chi connectivity index (χ0n) is 14.4. The van der Waals surface area contributed by atoms with Crippen molar-refractivity contribution in [1.29, 1.82) is 0 Å². The lowest BCUT2D eigenvalue weighted by atomic mass is 9.93. The Morgan fingerprint density at radius 2 is 1.92 bits per heavy atom. The number of hydrogen-bond donors (Lipinski definition) is 1. The highest BCUT2D eigenvalue weighted by Crippen LogP contribution is 2.24. The molecule has 6 heteroatoms. The Bertz CT molecular complexity index is 824. The van der Waals surface area contributed by atoms with Crippen LogP contribution >= 0.6 is 0 Å². The van der Waals surface area contributed by atoms with E-state index in [1.54, 1.807) is 12.4 Å². The summed E-state index contributed by atoms with van der Waals surface area (Å²) in [6.45, 7) is 2.87. The number of aromatic nitrogens is 4. The fourth-order valence-electron chi connectivity index (χ4n) is 3.49. The van der Waals surface area contributed by atoms with Crippen molar-refractivity contribution in [2.24, 2.45) is 0 Å². The molecule has 0 aliphatic heterocycles. The summed E-state index contributed by atoms with van der Waals surface area (Å²) in [5.41, 5.74) is 2.88. The molecule has 3 aromatic heterocycles. The Labute approximate surface area is 147 Å². The second-order valence-corrected chi connectivity index (χ2v) is 6.44. The van der Waals surface area contributed by atoms with Crippen molar-refractivity contribution in [1.82, 2.24) is 19.6 Å². The first-order chi connectivity index (χ1) is 12.3. The van der Waals surface area contributed by atoms with Crippen LogP contribution < -0.4 is 5.32 Å². The average molecular weight is 337 g/mol. The third-order valence-electron chi connectivity index (χ3n) is 4.77. The van der Waals surface area contributed by atoms with Crippen LogP contribution in [0.1, 0.15) is 32.6 Å². The molecule has 4 rings (SSSR count). The van der Waals surface area contributed by atoms with Crippen LogP contribution in [-0.4, -0.2) is 38.3 Å². The monoisotopic (exact) mass is 337 g/mol. The van der Waals surface area contributed by atoms with Gasteiger partial charge in [-0.1, -0.05) is 0 Å². The van der Waals surface area contributed by atoms with Gasteiger partial charge in [-0.05, 0) is 56.9 Å². The van der Waals surface area contributed by atoms with Gasteiger partial charge in [0.1, 0.15) is 5.82 Å². The number of pyridine rings is 1. The lowest BCUT2D eigenvalue weighted by Gasteiger charge is -2.29. The fraction of sp³-hybridized carbons (Fsp3) is 0.421. The molecule has 0 bridgehead atoms. The van der Waals surface area contributed by atoms with Crippen LogP contribution in [0, 0.1) is 0 Å². The minimum absolute atomic E-state index is 0.422. The Balaban J connectivity index is 1.52. The highest BCUT2D eigenvalue weighted by Gasteiger charge is 2.21. The molecule has 25 heavy (non-hydrogen) atoms. The third-order valence-corrected chi connectivity index (χ3v) is 4.77. The third kappa shape index (κ3) is 3.49. The summed E-state index contributed by atoms with van der Waals surface area (Å²) in [6, 6.07) is 8.41.